The molecular formula is C78H51BN4. The summed E-state index contributed by atoms with van der Waals surface area (Å²) in [5.74, 6) is 0. The molecular weight excluding hydrogens is 1000 g/mol. The molecule has 0 aliphatic carbocycles. The van der Waals surface area contributed by atoms with Crippen LogP contribution in [0.25, 0.3) is 99.5 Å². The number of hydrogen-bond acceptors (Lipinski definition) is 2. The SMILES string of the molecule is c1ccc(-c2ccccc2N2c3cc(-c4cccc5c6ccccc6n(-c6ccccc6)c45)ccc3B3c4ccc(-c5cccc6c7ccccc7n(-c7ccccc7)c56)cc4N(c4ccccc4-c4ccccc4)c4cccc2c43)cc1. The van der Waals surface area contributed by atoms with Gasteiger partial charge in [0, 0.05) is 77.9 Å². The number of para-hydroxylation sites is 8. The van der Waals surface area contributed by atoms with Gasteiger partial charge in [0.1, 0.15) is 0 Å². The van der Waals surface area contributed by atoms with Gasteiger partial charge in [-0.2, -0.15) is 0 Å². The molecule has 0 saturated carbocycles. The highest BCUT2D eigenvalue weighted by atomic mass is 15.2. The summed E-state index contributed by atoms with van der Waals surface area (Å²) in [6.07, 6.45) is 0. The van der Waals surface area contributed by atoms with Crippen LogP contribution in [0, 0.1) is 0 Å². The molecule has 13 aromatic carbocycles. The second-order valence-corrected chi connectivity index (χ2v) is 21.9. The Bertz CT molecular complexity index is 4730. The molecule has 4 nitrogen and oxygen atoms in total. The number of aromatic nitrogens is 2. The molecule has 0 saturated heterocycles. The third-order valence-corrected chi connectivity index (χ3v) is 17.5. The van der Waals surface area contributed by atoms with Gasteiger partial charge in [-0.3, -0.25) is 0 Å². The molecule has 0 N–H and O–H groups in total. The van der Waals surface area contributed by atoms with Crippen LogP contribution in [0.5, 0.6) is 0 Å². The Morgan fingerprint density at radius 2 is 0.578 bits per heavy atom. The van der Waals surface area contributed by atoms with Crippen LogP contribution in [0.2, 0.25) is 0 Å². The molecule has 17 rings (SSSR count). The zero-order valence-electron chi connectivity index (χ0n) is 45.3. The third-order valence-electron chi connectivity index (χ3n) is 17.5. The number of rotatable bonds is 8. The Morgan fingerprint density at radius 3 is 1.04 bits per heavy atom. The van der Waals surface area contributed by atoms with E-state index in [1.807, 2.05) is 0 Å². The molecule has 4 heterocycles. The number of nitrogens with zero attached hydrogens (tertiary/aromatic N) is 4. The van der Waals surface area contributed by atoms with Crippen LogP contribution in [0.4, 0.5) is 34.1 Å². The summed E-state index contributed by atoms with van der Waals surface area (Å²) in [6.45, 7) is -0.118. The van der Waals surface area contributed by atoms with Gasteiger partial charge in [-0.05, 0) is 111 Å². The van der Waals surface area contributed by atoms with E-state index >= 15 is 0 Å². The normalized spacial score (nSPS) is 12.5. The topological polar surface area (TPSA) is 16.3 Å². The minimum atomic E-state index is -0.118. The van der Waals surface area contributed by atoms with Crippen molar-refractivity contribution in [2.45, 2.75) is 0 Å². The molecule has 0 bridgehead atoms. The van der Waals surface area contributed by atoms with Gasteiger partial charge in [-0.25, -0.2) is 0 Å². The van der Waals surface area contributed by atoms with E-state index in [9.17, 15) is 0 Å². The molecule has 83 heavy (non-hydrogen) atoms. The van der Waals surface area contributed by atoms with E-state index in [0.29, 0.717) is 0 Å². The highest BCUT2D eigenvalue weighted by Gasteiger charge is 2.44. The van der Waals surface area contributed by atoms with Gasteiger partial charge in [0.05, 0.1) is 33.4 Å². The quantitative estimate of drug-likeness (QED) is 0.141. The van der Waals surface area contributed by atoms with E-state index in [1.54, 1.807) is 0 Å². The second-order valence-electron chi connectivity index (χ2n) is 21.9. The molecule has 2 aliphatic heterocycles. The first-order valence-electron chi connectivity index (χ1n) is 28.7. The first-order valence-corrected chi connectivity index (χ1v) is 28.7. The smallest absolute Gasteiger partial charge is 0.252 e. The summed E-state index contributed by atoms with van der Waals surface area (Å²) in [7, 11) is 0. The highest BCUT2D eigenvalue weighted by Crippen LogP contribution is 2.50. The molecule has 0 atom stereocenters. The minimum absolute atomic E-state index is 0.118. The maximum absolute atomic E-state index is 2.58. The lowest BCUT2D eigenvalue weighted by molar-refractivity contribution is 1.18. The minimum Gasteiger partial charge on any atom is -0.311 e. The first-order chi connectivity index (χ1) is 41.2. The van der Waals surface area contributed by atoms with Crippen molar-refractivity contribution < 1.29 is 0 Å². The summed E-state index contributed by atoms with van der Waals surface area (Å²) in [4.78, 5) is 5.15. The van der Waals surface area contributed by atoms with Gasteiger partial charge in [-0.15, -0.1) is 0 Å². The van der Waals surface area contributed by atoms with E-state index in [1.165, 1.54) is 93.4 Å². The number of benzene rings is 13. The predicted molar refractivity (Wildman–Crippen MR) is 351 cm³/mol. The zero-order valence-corrected chi connectivity index (χ0v) is 45.3. The van der Waals surface area contributed by atoms with E-state index < -0.39 is 0 Å². The Labute approximate surface area is 482 Å². The van der Waals surface area contributed by atoms with Crippen LogP contribution < -0.4 is 26.2 Å². The lowest BCUT2D eigenvalue weighted by Gasteiger charge is -2.45. The molecule has 5 heteroatoms. The molecule has 2 aliphatic rings. The first kappa shape index (κ1) is 47.0. The van der Waals surface area contributed by atoms with Crippen LogP contribution in [0.15, 0.2) is 309 Å². The van der Waals surface area contributed by atoms with Crippen LogP contribution in [0.3, 0.4) is 0 Å². The van der Waals surface area contributed by atoms with Crippen LogP contribution in [-0.4, -0.2) is 15.8 Å². The van der Waals surface area contributed by atoms with Crippen LogP contribution in [0.1, 0.15) is 0 Å². The molecule has 15 aromatic rings. The summed E-state index contributed by atoms with van der Waals surface area (Å²) < 4.78 is 4.92. The number of anilines is 6. The highest BCUT2D eigenvalue weighted by molar-refractivity contribution is 7.00. The third kappa shape index (κ3) is 7.21. The fraction of sp³-hybridized carbons (Fsp3) is 0. The Hall–Kier alpha value is -10.9. The summed E-state index contributed by atoms with van der Waals surface area (Å²) in [6, 6.07) is 114. The molecule has 386 valence electrons. The van der Waals surface area contributed by atoms with Crippen molar-refractivity contribution >= 4 is 101 Å². The van der Waals surface area contributed by atoms with E-state index in [4.69, 9.17) is 0 Å². The molecule has 0 unspecified atom stereocenters. The number of hydrogen-bond donors (Lipinski definition) is 0. The molecule has 0 amide bonds. The average molecular weight is 1060 g/mol. The van der Waals surface area contributed by atoms with Crippen molar-refractivity contribution in [2.75, 3.05) is 9.80 Å². The largest absolute Gasteiger partial charge is 0.311 e. The Balaban J connectivity index is 0.955. The second kappa shape index (κ2) is 18.9. The fourth-order valence-corrected chi connectivity index (χ4v) is 14.0. The average Bonchev–Trinajstić information content (AvgIpc) is 1.80. The zero-order chi connectivity index (χ0) is 54.5. The number of fused-ring (bicyclic) bond motifs is 10. The maximum atomic E-state index is 2.58. The van der Waals surface area contributed by atoms with Gasteiger partial charge < -0.3 is 18.9 Å². The van der Waals surface area contributed by atoms with E-state index in [-0.39, 0.29) is 6.71 Å². The standard InChI is InChI=1S/C78H51BN4/c1-5-24-52(25-6-1)58-32-13-17-40-68(58)82-72-44-23-45-73-76(72)79(66-48-46-54(50-74(66)82)60-36-21-38-64-62-34-15-19-42-70(62)80(77(60)64)56-28-9-3-10-29-56)67-49-47-55(51-75(67)83(73)69-41-18-14-33-59(69)53-26-7-2-8-27-53)61-37-22-39-65-63-35-16-20-43-71(63)81(78(61)65)57-30-11-4-12-31-57/h1-51H. The van der Waals surface area contributed by atoms with Crippen molar-refractivity contribution in [3.8, 4) is 55.9 Å². The maximum Gasteiger partial charge on any atom is 0.252 e. The van der Waals surface area contributed by atoms with Crippen molar-refractivity contribution in [1.82, 2.24) is 9.13 Å². The summed E-state index contributed by atoms with van der Waals surface area (Å²) >= 11 is 0. The van der Waals surface area contributed by atoms with Gasteiger partial charge in [0.2, 0.25) is 0 Å². The van der Waals surface area contributed by atoms with Crippen molar-refractivity contribution in [2.24, 2.45) is 0 Å². The van der Waals surface area contributed by atoms with Crippen LogP contribution >= 0.6 is 0 Å². The predicted octanol–water partition coefficient (Wildman–Crippen LogP) is 18.6. The molecule has 0 fully saturated rings. The summed E-state index contributed by atoms with van der Waals surface area (Å²) in [5.41, 5.74) is 27.0. The summed E-state index contributed by atoms with van der Waals surface area (Å²) in [5, 5.41) is 4.93. The van der Waals surface area contributed by atoms with Crippen LogP contribution in [-0.2, 0) is 0 Å². The van der Waals surface area contributed by atoms with Gasteiger partial charge in [0.15, 0.2) is 0 Å². The lowest BCUT2D eigenvalue weighted by atomic mass is 9.33. The van der Waals surface area contributed by atoms with Crippen molar-refractivity contribution in [3.63, 3.8) is 0 Å². The van der Waals surface area contributed by atoms with Crippen molar-refractivity contribution in [3.05, 3.63) is 309 Å². The van der Waals surface area contributed by atoms with Gasteiger partial charge in [-0.1, -0.05) is 237 Å². The molecule has 2 aromatic heterocycles. The van der Waals surface area contributed by atoms with Gasteiger partial charge >= 0.3 is 0 Å². The van der Waals surface area contributed by atoms with Crippen molar-refractivity contribution in [1.29, 1.82) is 0 Å². The fourth-order valence-electron chi connectivity index (χ4n) is 14.0. The van der Waals surface area contributed by atoms with Gasteiger partial charge in [0.25, 0.3) is 6.71 Å². The Morgan fingerprint density at radius 1 is 0.229 bits per heavy atom. The monoisotopic (exact) mass is 1050 g/mol. The van der Waals surface area contributed by atoms with E-state index in [2.05, 4.69) is 328 Å². The molecule has 0 spiro atoms. The molecule has 0 radical (unpaired) electrons. The lowest BCUT2D eigenvalue weighted by Crippen LogP contribution is -2.61. The van der Waals surface area contributed by atoms with E-state index in [0.717, 1.165) is 56.6 Å². The Kier molecular flexibility index (Phi) is 10.7.